The predicted molar refractivity (Wildman–Crippen MR) is 105 cm³/mol. The van der Waals surface area contributed by atoms with Crippen LogP contribution in [0.4, 0.5) is 5.69 Å². The van der Waals surface area contributed by atoms with Crippen molar-refractivity contribution in [1.82, 2.24) is 4.72 Å². The molecule has 1 N–H and O–H groups in total. The fourth-order valence-corrected chi connectivity index (χ4v) is 4.61. The summed E-state index contributed by atoms with van der Waals surface area (Å²) < 4.78 is 25.8. The van der Waals surface area contributed by atoms with Crippen molar-refractivity contribution >= 4 is 79.8 Å². The lowest BCUT2D eigenvalue weighted by molar-refractivity contribution is -0.117. The van der Waals surface area contributed by atoms with Crippen LogP contribution in [0.3, 0.4) is 0 Å². The molecule has 0 saturated carbocycles. The number of halogens is 4. The number of amides is 3. The van der Waals surface area contributed by atoms with Crippen LogP contribution in [0.25, 0.3) is 0 Å². The van der Waals surface area contributed by atoms with Crippen molar-refractivity contribution in [2.45, 2.75) is 11.8 Å². The molecule has 3 rings (SSSR count). The van der Waals surface area contributed by atoms with Crippen LogP contribution in [0, 0.1) is 0 Å². The van der Waals surface area contributed by atoms with Gasteiger partial charge in [0.2, 0.25) is 5.91 Å². The molecule has 0 aliphatic carbocycles. The first-order valence-corrected chi connectivity index (χ1v) is 10.3. The number of benzene rings is 2. The van der Waals surface area contributed by atoms with E-state index in [-0.39, 0.29) is 41.8 Å². The Morgan fingerprint density at radius 3 is 1.68 bits per heavy atom. The number of nitrogens with one attached hydrogen (secondary N) is 1. The van der Waals surface area contributed by atoms with Crippen LogP contribution in [-0.4, -0.2) is 26.1 Å². The minimum Gasteiger partial charge on any atom is -0.274 e. The third-order valence-electron chi connectivity index (χ3n) is 3.78. The van der Waals surface area contributed by atoms with Crippen molar-refractivity contribution in [2.75, 3.05) is 4.90 Å². The second-order valence-electron chi connectivity index (χ2n) is 5.61. The molecule has 2 aromatic rings. The highest BCUT2D eigenvalue weighted by Crippen LogP contribution is 2.45. The first kappa shape index (κ1) is 20.9. The van der Waals surface area contributed by atoms with E-state index in [1.807, 2.05) is 0 Å². The Hall–Kier alpha value is -1.84. The SMILES string of the molecule is CC(=O)NS(=O)(=O)c1ccc(N2C(=O)c3c(Cl)c(Cl)c(Cl)c(Cl)c3C2=O)cc1. The molecule has 12 heteroatoms. The van der Waals surface area contributed by atoms with E-state index in [0.717, 1.165) is 24.0 Å². The molecular weight excluding hydrogens is 474 g/mol. The summed E-state index contributed by atoms with van der Waals surface area (Å²) in [6, 6.07) is 4.71. The van der Waals surface area contributed by atoms with Gasteiger partial charge in [-0.25, -0.2) is 18.0 Å². The summed E-state index contributed by atoms with van der Waals surface area (Å²) in [7, 11) is -4.07. The van der Waals surface area contributed by atoms with Crippen LogP contribution in [0.15, 0.2) is 29.2 Å². The van der Waals surface area contributed by atoms with Gasteiger partial charge in [-0.2, -0.15) is 0 Å². The number of imide groups is 1. The number of hydrogen-bond acceptors (Lipinski definition) is 5. The molecule has 0 unspecified atom stereocenters. The average Bonchev–Trinajstić information content (AvgIpc) is 2.88. The second kappa shape index (κ2) is 7.20. The lowest BCUT2D eigenvalue weighted by Crippen LogP contribution is -2.30. The lowest BCUT2D eigenvalue weighted by atomic mass is 10.1. The zero-order valence-electron chi connectivity index (χ0n) is 13.7. The van der Waals surface area contributed by atoms with Gasteiger partial charge in [-0.3, -0.25) is 14.4 Å². The summed E-state index contributed by atoms with van der Waals surface area (Å²) in [4.78, 5) is 37.1. The Bertz CT molecular complexity index is 1120. The van der Waals surface area contributed by atoms with Crippen molar-refractivity contribution < 1.29 is 22.8 Å². The van der Waals surface area contributed by atoms with Crippen LogP contribution < -0.4 is 9.62 Å². The summed E-state index contributed by atoms with van der Waals surface area (Å²) in [5, 5.41) is -0.743. The maximum atomic E-state index is 12.8. The van der Waals surface area contributed by atoms with Gasteiger partial charge in [-0.1, -0.05) is 46.4 Å². The summed E-state index contributed by atoms with van der Waals surface area (Å²) >= 11 is 24.0. The van der Waals surface area contributed by atoms with Crippen molar-refractivity contribution in [3.05, 3.63) is 55.5 Å². The highest BCUT2D eigenvalue weighted by Gasteiger charge is 2.42. The molecule has 0 radical (unpaired) electrons. The van der Waals surface area contributed by atoms with E-state index in [1.165, 1.54) is 12.1 Å². The Kier molecular flexibility index (Phi) is 5.37. The van der Waals surface area contributed by atoms with Crippen LogP contribution in [0.1, 0.15) is 27.6 Å². The van der Waals surface area contributed by atoms with E-state index in [2.05, 4.69) is 0 Å². The summed E-state index contributed by atoms with van der Waals surface area (Å²) in [6.45, 7) is 1.05. The van der Waals surface area contributed by atoms with Crippen molar-refractivity contribution in [2.24, 2.45) is 0 Å². The maximum Gasteiger partial charge on any atom is 0.267 e. The Labute approximate surface area is 179 Å². The smallest absolute Gasteiger partial charge is 0.267 e. The van der Waals surface area contributed by atoms with Gasteiger partial charge in [0.25, 0.3) is 21.8 Å². The molecular formula is C16H8Cl4N2O5S. The van der Waals surface area contributed by atoms with Crippen molar-refractivity contribution in [3.8, 4) is 0 Å². The van der Waals surface area contributed by atoms with Gasteiger partial charge in [-0.05, 0) is 24.3 Å². The zero-order valence-corrected chi connectivity index (χ0v) is 17.6. The number of sulfonamides is 1. The number of hydrogen-bond donors (Lipinski definition) is 1. The fourth-order valence-electron chi connectivity index (χ4n) is 2.61. The summed E-state index contributed by atoms with van der Waals surface area (Å²) in [5.41, 5.74) is -0.325. The quantitative estimate of drug-likeness (QED) is 0.406. The van der Waals surface area contributed by atoms with Crippen LogP contribution >= 0.6 is 46.4 Å². The molecule has 2 aromatic carbocycles. The molecule has 1 aliphatic rings. The molecule has 28 heavy (non-hydrogen) atoms. The van der Waals surface area contributed by atoms with Gasteiger partial charge in [0, 0.05) is 6.92 Å². The molecule has 7 nitrogen and oxygen atoms in total. The minimum atomic E-state index is -4.07. The minimum absolute atomic E-state index is 0.0624. The van der Waals surface area contributed by atoms with E-state index in [4.69, 9.17) is 46.4 Å². The van der Waals surface area contributed by atoms with Crippen molar-refractivity contribution in [1.29, 1.82) is 0 Å². The monoisotopic (exact) mass is 480 g/mol. The topological polar surface area (TPSA) is 101 Å². The molecule has 0 aromatic heterocycles. The predicted octanol–water partition coefficient (Wildman–Crippen LogP) is 3.93. The standard InChI is InChI=1S/C16H8Cl4N2O5S/c1-6(23)21-28(26,27)8-4-2-7(3-5-8)22-15(24)9-10(16(22)25)12(18)14(20)13(19)11(9)17/h2-5H,1H3,(H,21,23). The van der Waals surface area contributed by atoms with Gasteiger partial charge in [0.15, 0.2) is 0 Å². The molecule has 3 amide bonds. The second-order valence-corrected chi connectivity index (χ2v) is 8.80. The molecule has 0 atom stereocenters. The normalized spacial score (nSPS) is 13.7. The van der Waals surface area contributed by atoms with Gasteiger partial charge < -0.3 is 0 Å². The van der Waals surface area contributed by atoms with Crippen LogP contribution in [0.5, 0.6) is 0 Å². The van der Waals surface area contributed by atoms with E-state index >= 15 is 0 Å². The third-order valence-corrected chi connectivity index (χ3v) is 7.04. The van der Waals surface area contributed by atoms with Gasteiger partial charge in [0.05, 0.1) is 41.8 Å². The van der Waals surface area contributed by atoms with Gasteiger partial charge in [0.1, 0.15) is 0 Å². The average molecular weight is 482 g/mol. The number of fused-ring (bicyclic) bond motifs is 1. The molecule has 0 fully saturated rings. The first-order chi connectivity index (χ1) is 13.0. The molecule has 1 aliphatic heterocycles. The highest BCUT2D eigenvalue weighted by atomic mass is 35.5. The molecule has 0 saturated heterocycles. The number of carbonyl (C=O) groups is 3. The van der Waals surface area contributed by atoms with Gasteiger partial charge in [-0.15, -0.1) is 0 Å². The number of rotatable bonds is 3. The lowest BCUT2D eigenvalue weighted by Gasteiger charge is -2.14. The highest BCUT2D eigenvalue weighted by molar-refractivity contribution is 7.90. The molecule has 0 bridgehead atoms. The largest absolute Gasteiger partial charge is 0.274 e. The van der Waals surface area contributed by atoms with Crippen LogP contribution in [-0.2, 0) is 14.8 Å². The number of nitrogens with zero attached hydrogens (tertiary/aromatic N) is 1. The van der Waals surface area contributed by atoms with Crippen molar-refractivity contribution in [3.63, 3.8) is 0 Å². The van der Waals surface area contributed by atoms with E-state index in [9.17, 15) is 22.8 Å². The summed E-state index contributed by atoms with van der Waals surface area (Å²) in [5.74, 6) is -2.34. The number of anilines is 1. The molecule has 0 spiro atoms. The first-order valence-electron chi connectivity index (χ1n) is 7.35. The summed E-state index contributed by atoms with van der Waals surface area (Å²) in [6.07, 6.45) is 0. The van der Waals surface area contributed by atoms with Gasteiger partial charge >= 0.3 is 0 Å². The van der Waals surface area contributed by atoms with E-state index in [0.29, 0.717) is 0 Å². The fraction of sp³-hybridized carbons (Fsp3) is 0.0625. The Morgan fingerprint density at radius 1 is 0.857 bits per heavy atom. The molecule has 1 heterocycles. The Balaban J connectivity index is 2.06. The number of carbonyl (C=O) groups excluding carboxylic acids is 3. The Morgan fingerprint density at radius 2 is 1.29 bits per heavy atom. The third kappa shape index (κ3) is 3.25. The maximum absolute atomic E-state index is 12.8. The molecule has 146 valence electrons. The zero-order chi connectivity index (χ0) is 21.0. The van der Waals surface area contributed by atoms with E-state index in [1.54, 1.807) is 4.72 Å². The van der Waals surface area contributed by atoms with Crippen LogP contribution in [0.2, 0.25) is 20.1 Å². The van der Waals surface area contributed by atoms with E-state index < -0.39 is 27.7 Å².